The number of hydrogen-bond donors (Lipinski definition) is 1. The maximum atomic E-state index is 12.3. The van der Waals surface area contributed by atoms with Gasteiger partial charge in [0.1, 0.15) is 17.1 Å². The minimum Gasteiger partial charge on any atom is -0.508 e. The van der Waals surface area contributed by atoms with E-state index in [9.17, 15) is 14.7 Å². The molecule has 26 heavy (non-hydrogen) atoms. The van der Waals surface area contributed by atoms with Crippen molar-refractivity contribution in [2.45, 2.75) is 39.2 Å². The van der Waals surface area contributed by atoms with Gasteiger partial charge in [0.05, 0.1) is 6.61 Å². The fourth-order valence-corrected chi connectivity index (χ4v) is 2.28. The van der Waals surface area contributed by atoms with Crippen molar-refractivity contribution >= 4 is 11.8 Å². The number of rotatable bonds is 7. The first-order chi connectivity index (χ1) is 12.2. The topological polar surface area (TPSA) is 72.8 Å². The lowest BCUT2D eigenvalue weighted by Gasteiger charge is -2.19. The molecule has 138 valence electrons. The summed E-state index contributed by atoms with van der Waals surface area (Å²) in [4.78, 5) is 24.0. The SMILES string of the molecule is CC(C)(C)OC(=O)CCCOc1ccc(C(=O)c2ccc(O)cc2)cc1. The van der Waals surface area contributed by atoms with Crippen molar-refractivity contribution in [3.63, 3.8) is 0 Å². The van der Waals surface area contributed by atoms with Gasteiger partial charge in [0, 0.05) is 17.5 Å². The summed E-state index contributed by atoms with van der Waals surface area (Å²) in [7, 11) is 0. The molecule has 0 saturated carbocycles. The van der Waals surface area contributed by atoms with E-state index >= 15 is 0 Å². The average molecular weight is 356 g/mol. The smallest absolute Gasteiger partial charge is 0.306 e. The van der Waals surface area contributed by atoms with E-state index in [1.165, 1.54) is 12.1 Å². The van der Waals surface area contributed by atoms with E-state index in [0.29, 0.717) is 36.3 Å². The fourth-order valence-electron chi connectivity index (χ4n) is 2.28. The Kier molecular flexibility index (Phi) is 6.39. The number of ether oxygens (including phenoxy) is 2. The van der Waals surface area contributed by atoms with Crippen LogP contribution in [0.25, 0.3) is 0 Å². The first kappa shape index (κ1) is 19.5. The Morgan fingerprint density at radius 2 is 1.46 bits per heavy atom. The van der Waals surface area contributed by atoms with Gasteiger partial charge in [-0.2, -0.15) is 0 Å². The van der Waals surface area contributed by atoms with Crippen molar-refractivity contribution in [3.05, 3.63) is 59.7 Å². The van der Waals surface area contributed by atoms with Crippen molar-refractivity contribution in [3.8, 4) is 11.5 Å². The Hall–Kier alpha value is -2.82. The zero-order valence-corrected chi connectivity index (χ0v) is 15.3. The highest BCUT2D eigenvalue weighted by Crippen LogP contribution is 2.18. The van der Waals surface area contributed by atoms with Crippen LogP contribution in [-0.2, 0) is 9.53 Å². The van der Waals surface area contributed by atoms with Gasteiger partial charge in [-0.25, -0.2) is 0 Å². The third-order valence-corrected chi connectivity index (χ3v) is 3.46. The van der Waals surface area contributed by atoms with Crippen LogP contribution in [-0.4, -0.2) is 29.1 Å². The number of hydrogen-bond acceptors (Lipinski definition) is 5. The van der Waals surface area contributed by atoms with Crippen LogP contribution in [0.15, 0.2) is 48.5 Å². The monoisotopic (exact) mass is 356 g/mol. The van der Waals surface area contributed by atoms with Crippen molar-refractivity contribution in [2.75, 3.05) is 6.61 Å². The number of aromatic hydroxyl groups is 1. The van der Waals surface area contributed by atoms with E-state index in [0.717, 1.165) is 0 Å². The Bertz CT molecular complexity index is 739. The molecule has 0 spiro atoms. The van der Waals surface area contributed by atoms with Crippen LogP contribution in [0.5, 0.6) is 11.5 Å². The molecule has 5 heteroatoms. The number of ketones is 1. The van der Waals surface area contributed by atoms with E-state index in [1.54, 1.807) is 36.4 Å². The van der Waals surface area contributed by atoms with Crippen LogP contribution in [0.4, 0.5) is 0 Å². The molecule has 0 atom stereocenters. The van der Waals surface area contributed by atoms with Crippen molar-refractivity contribution < 1.29 is 24.2 Å². The highest BCUT2D eigenvalue weighted by molar-refractivity contribution is 6.09. The number of carbonyl (C=O) groups excluding carboxylic acids is 2. The largest absolute Gasteiger partial charge is 0.508 e. The number of phenolic OH excluding ortho intramolecular Hbond substituents is 1. The molecule has 2 aromatic carbocycles. The molecule has 0 saturated heterocycles. The second kappa shape index (κ2) is 8.52. The van der Waals surface area contributed by atoms with Gasteiger partial charge in [0.15, 0.2) is 5.78 Å². The molecule has 0 radical (unpaired) electrons. The van der Waals surface area contributed by atoms with E-state index < -0.39 is 5.60 Å². The molecule has 0 heterocycles. The lowest BCUT2D eigenvalue weighted by atomic mass is 10.0. The highest BCUT2D eigenvalue weighted by atomic mass is 16.6. The predicted octanol–water partition coefficient (Wildman–Crippen LogP) is 4.12. The van der Waals surface area contributed by atoms with Crippen LogP contribution in [0, 0.1) is 0 Å². The second-order valence-corrected chi connectivity index (χ2v) is 6.94. The molecule has 5 nitrogen and oxygen atoms in total. The molecule has 0 unspecified atom stereocenters. The molecular weight excluding hydrogens is 332 g/mol. The minimum atomic E-state index is -0.474. The molecule has 0 aliphatic carbocycles. The zero-order chi connectivity index (χ0) is 19.2. The van der Waals surface area contributed by atoms with E-state index in [1.807, 2.05) is 20.8 Å². The average Bonchev–Trinajstić information content (AvgIpc) is 2.58. The standard InChI is InChI=1S/C21H24O5/c1-21(2,3)26-19(23)5-4-14-25-18-12-8-16(9-13-18)20(24)15-6-10-17(22)11-7-15/h6-13,22H,4-5,14H2,1-3H3. The molecule has 0 bridgehead atoms. The normalized spacial score (nSPS) is 11.0. The maximum Gasteiger partial charge on any atom is 0.306 e. The number of carbonyl (C=O) groups is 2. The Morgan fingerprint density at radius 3 is 2.00 bits per heavy atom. The Balaban J connectivity index is 1.81. The van der Waals surface area contributed by atoms with Gasteiger partial charge in [-0.1, -0.05) is 0 Å². The summed E-state index contributed by atoms with van der Waals surface area (Å²) in [6.45, 7) is 5.90. The summed E-state index contributed by atoms with van der Waals surface area (Å²) in [5.41, 5.74) is 0.572. The molecule has 0 amide bonds. The summed E-state index contributed by atoms with van der Waals surface area (Å²) in [6, 6.07) is 13.0. The zero-order valence-electron chi connectivity index (χ0n) is 15.3. The molecule has 1 N–H and O–H groups in total. The van der Waals surface area contributed by atoms with Gasteiger partial charge in [-0.05, 0) is 75.7 Å². The summed E-state index contributed by atoms with van der Waals surface area (Å²) < 4.78 is 10.8. The van der Waals surface area contributed by atoms with Crippen molar-refractivity contribution in [1.29, 1.82) is 0 Å². The van der Waals surface area contributed by atoms with Crippen molar-refractivity contribution in [1.82, 2.24) is 0 Å². The molecule has 2 aromatic rings. The van der Waals surface area contributed by atoms with Crippen LogP contribution < -0.4 is 4.74 Å². The number of benzene rings is 2. The van der Waals surface area contributed by atoms with Gasteiger partial charge in [0.2, 0.25) is 0 Å². The summed E-state index contributed by atoms with van der Waals surface area (Å²) in [6.07, 6.45) is 0.859. The molecule has 0 aromatic heterocycles. The van der Waals surface area contributed by atoms with Gasteiger partial charge >= 0.3 is 5.97 Å². The number of phenols is 1. The van der Waals surface area contributed by atoms with E-state index in [2.05, 4.69) is 0 Å². The lowest BCUT2D eigenvalue weighted by Crippen LogP contribution is -2.23. The number of esters is 1. The molecule has 0 aliphatic rings. The quantitative estimate of drug-likeness (QED) is 0.459. The first-order valence-corrected chi connectivity index (χ1v) is 8.53. The van der Waals surface area contributed by atoms with Gasteiger partial charge in [-0.3, -0.25) is 9.59 Å². The first-order valence-electron chi connectivity index (χ1n) is 8.53. The fraction of sp³-hybridized carbons (Fsp3) is 0.333. The van der Waals surface area contributed by atoms with Crippen LogP contribution in [0.2, 0.25) is 0 Å². The minimum absolute atomic E-state index is 0.122. The lowest BCUT2D eigenvalue weighted by molar-refractivity contribution is -0.155. The summed E-state index contributed by atoms with van der Waals surface area (Å²) in [5, 5.41) is 9.28. The van der Waals surface area contributed by atoms with Gasteiger partial charge in [-0.15, -0.1) is 0 Å². The molecular formula is C21H24O5. The van der Waals surface area contributed by atoms with Gasteiger partial charge < -0.3 is 14.6 Å². The Labute approximate surface area is 153 Å². The highest BCUT2D eigenvalue weighted by Gasteiger charge is 2.15. The van der Waals surface area contributed by atoms with Gasteiger partial charge in [0.25, 0.3) is 0 Å². The maximum absolute atomic E-state index is 12.3. The van der Waals surface area contributed by atoms with Crippen molar-refractivity contribution in [2.24, 2.45) is 0 Å². The molecule has 2 rings (SSSR count). The second-order valence-electron chi connectivity index (χ2n) is 6.94. The molecule has 0 fully saturated rings. The van der Waals surface area contributed by atoms with Crippen LogP contribution in [0.3, 0.4) is 0 Å². The van der Waals surface area contributed by atoms with Crippen LogP contribution in [0.1, 0.15) is 49.5 Å². The van der Waals surface area contributed by atoms with E-state index in [-0.39, 0.29) is 17.5 Å². The summed E-state index contributed by atoms with van der Waals surface area (Å²) >= 11 is 0. The third kappa shape index (κ3) is 6.24. The third-order valence-electron chi connectivity index (χ3n) is 3.46. The Morgan fingerprint density at radius 1 is 0.923 bits per heavy atom. The predicted molar refractivity (Wildman–Crippen MR) is 98.6 cm³/mol. The summed E-state index contributed by atoms with van der Waals surface area (Å²) in [5.74, 6) is 0.394. The van der Waals surface area contributed by atoms with E-state index in [4.69, 9.17) is 9.47 Å². The van der Waals surface area contributed by atoms with Crippen LogP contribution >= 0.6 is 0 Å². The molecule has 0 aliphatic heterocycles.